The monoisotopic (exact) mass is 477 g/mol. The molecule has 1 aliphatic rings. The van der Waals surface area contributed by atoms with Gasteiger partial charge in [0.15, 0.2) is 11.9 Å². The third-order valence-electron chi connectivity index (χ3n) is 5.10. The molecule has 1 N–H and O–H groups in total. The van der Waals surface area contributed by atoms with E-state index in [0.29, 0.717) is 16.6 Å². The molecule has 2 aromatic heterocycles. The fourth-order valence-electron chi connectivity index (χ4n) is 3.65. The summed E-state index contributed by atoms with van der Waals surface area (Å²) in [5, 5.41) is 20.0. The number of amides is 1. The Hall–Kier alpha value is -3.32. The average molecular weight is 477 g/mol. The van der Waals surface area contributed by atoms with E-state index < -0.39 is 18.6 Å². The quantitative estimate of drug-likeness (QED) is 0.497. The number of rotatable bonds is 9. The van der Waals surface area contributed by atoms with E-state index in [-0.39, 0.29) is 5.75 Å². The molecule has 2 atom stereocenters. The molecule has 10 nitrogen and oxygen atoms in total. The van der Waals surface area contributed by atoms with E-state index in [2.05, 4.69) is 40.3 Å². The summed E-state index contributed by atoms with van der Waals surface area (Å²) in [5.41, 5.74) is 0.377. The van der Waals surface area contributed by atoms with E-state index in [1.165, 1.54) is 43.0 Å². The lowest BCUT2D eigenvalue weighted by molar-refractivity contribution is -0.126. The van der Waals surface area contributed by atoms with Crippen molar-refractivity contribution in [2.75, 3.05) is 30.4 Å². The van der Waals surface area contributed by atoms with Gasteiger partial charge in [-0.2, -0.15) is 8.78 Å². The molecule has 0 unspecified atom stereocenters. The fraction of sp³-hybridized carbons (Fsp3) is 0.400. The van der Waals surface area contributed by atoms with Crippen molar-refractivity contribution in [2.45, 2.75) is 25.6 Å². The normalized spacial score (nSPS) is 16.7. The minimum Gasteiger partial charge on any atom is -0.435 e. The number of nitrogens with zero attached hydrogens (tertiary/aromatic N) is 6. The van der Waals surface area contributed by atoms with Gasteiger partial charge in [-0.15, -0.1) is 20.4 Å². The van der Waals surface area contributed by atoms with Crippen LogP contribution in [0.5, 0.6) is 5.75 Å². The molecule has 1 fully saturated rings. The van der Waals surface area contributed by atoms with Crippen LogP contribution in [0.1, 0.15) is 23.1 Å². The van der Waals surface area contributed by atoms with Crippen molar-refractivity contribution in [3.05, 3.63) is 47.4 Å². The van der Waals surface area contributed by atoms with Crippen LogP contribution in [0.15, 0.2) is 36.8 Å². The van der Waals surface area contributed by atoms with Gasteiger partial charge in [0, 0.05) is 26.6 Å². The molecule has 3 heterocycles. The van der Waals surface area contributed by atoms with Crippen LogP contribution in [0.25, 0.3) is 0 Å². The van der Waals surface area contributed by atoms with Crippen molar-refractivity contribution in [2.24, 2.45) is 5.92 Å². The Morgan fingerprint density at radius 3 is 2.97 bits per heavy atom. The number of nitrogens with one attached hydrogen (secondary N) is 1. The Labute approximate surface area is 192 Å². The maximum Gasteiger partial charge on any atom is 0.387 e. The standard InChI is InChI=1S/C20H21F2N7O3S/c1-31-17(13-3-2-4-14(8-13)32-19(21)22)18(30)25-20-28-27-16(33-20)7-12-5-6-29(10-12)15-9-23-11-24-26-15/h2-4,8-9,11-12,17,19H,5-7,10H2,1H3,(H,25,28,30)/t12-,17-/m0/s1. The van der Waals surface area contributed by atoms with Crippen LogP contribution in [-0.2, 0) is 16.0 Å². The van der Waals surface area contributed by atoms with Crippen molar-refractivity contribution in [1.82, 2.24) is 25.4 Å². The first-order valence-corrected chi connectivity index (χ1v) is 10.9. The first kappa shape index (κ1) is 22.9. The first-order chi connectivity index (χ1) is 16.0. The minimum atomic E-state index is -2.96. The highest BCUT2D eigenvalue weighted by Gasteiger charge is 2.26. The van der Waals surface area contributed by atoms with E-state index in [9.17, 15) is 13.6 Å². The lowest BCUT2D eigenvalue weighted by Gasteiger charge is -2.15. The highest BCUT2D eigenvalue weighted by Crippen LogP contribution is 2.28. The largest absolute Gasteiger partial charge is 0.435 e. The van der Waals surface area contributed by atoms with Crippen molar-refractivity contribution in [3.63, 3.8) is 0 Å². The number of hydrogen-bond donors (Lipinski definition) is 1. The van der Waals surface area contributed by atoms with Gasteiger partial charge in [-0.05, 0) is 30.0 Å². The number of ether oxygens (including phenoxy) is 2. The average Bonchev–Trinajstić information content (AvgIpc) is 3.44. The lowest BCUT2D eigenvalue weighted by Crippen LogP contribution is -2.22. The molecule has 0 bridgehead atoms. The van der Waals surface area contributed by atoms with E-state index in [1.807, 2.05) is 0 Å². The zero-order valence-electron chi connectivity index (χ0n) is 17.6. The number of anilines is 2. The summed E-state index contributed by atoms with van der Waals surface area (Å²) in [4.78, 5) is 18.9. The van der Waals surface area contributed by atoms with Crippen LogP contribution in [0.2, 0.25) is 0 Å². The molecule has 1 aliphatic heterocycles. The molecule has 1 amide bonds. The third-order valence-corrected chi connectivity index (χ3v) is 5.96. The molecule has 174 valence electrons. The Morgan fingerprint density at radius 2 is 2.21 bits per heavy atom. The number of alkyl halides is 2. The summed E-state index contributed by atoms with van der Waals surface area (Å²) >= 11 is 1.29. The molecule has 0 radical (unpaired) electrons. The highest BCUT2D eigenvalue weighted by molar-refractivity contribution is 7.15. The summed E-state index contributed by atoms with van der Waals surface area (Å²) in [6.07, 6.45) is 3.76. The summed E-state index contributed by atoms with van der Waals surface area (Å²) in [5.74, 6) is 0.571. The molecule has 0 aliphatic carbocycles. The van der Waals surface area contributed by atoms with Gasteiger partial charge in [0.2, 0.25) is 5.13 Å². The summed E-state index contributed by atoms with van der Waals surface area (Å²) < 4.78 is 34.6. The van der Waals surface area contributed by atoms with Crippen LogP contribution >= 0.6 is 11.3 Å². The minimum absolute atomic E-state index is 0.0570. The zero-order chi connectivity index (χ0) is 23.2. The SMILES string of the molecule is CO[C@H](C(=O)Nc1nnc(C[C@@H]2CCN(c3cncnn3)C2)s1)c1cccc(OC(F)F)c1. The topological polar surface area (TPSA) is 115 Å². The summed E-state index contributed by atoms with van der Waals surface area (Å²) in [6, 6.07) is 5.82. The molecule has 1 saturated heterocycles. The molecule has 4 rings (SSSR count). The van der Waals surface area contributed by atoms with Crippen LogP contribution in [0.4, 0.5) is 19.7 Å². The Bertz CT molecular complexity index is 1070. The van der Waals surface area contributed by atoms with Gasteiger partial charge in [0.25, 0.3) is 5.91 Å². The van der Waals surface area contributed by atoms with Crippen molar-refractivity contribution >= 4 is 28.2 Å². The van der Waals surface area contributed by atoms with Gasteiger partial charge in [-0.1, -0.05) is 23.5 Å². The number of aromatic nitrogens is 5. The predicted molar refractivity (Wildman–Crippen MR) is 115 cm³/mol. The van der Waals surface area contributed by atoms with Crippen LogP contribution in [0, 0.1) is 5.92 Å². The van der Waals surface area contributed by atoms with Crippen LogP contribution in [0.3, 0.4) is 0 Å². The number of carbonyl (C=O) groups excluding carboxylic acids is 1. The maximum absolute atomic E-state index is 12.7. The maximum atomic E-state index is 12.7. The second-order valence-corrected chi connectivity index (χ2v) is 8.39. The van der Waals surface area contributed by atoms with Crippen LogP contribution in [-0.4, -0.2) is 58.1 Å². The van der Waals surface area contributed by atoms with E-state index in [0.717, 1.165) is 36.8 Å². The van der Waals surface area contributed by atoms with E-state index in [4.69, 9.17) is 4.74 Å². The highest BCUT2D eigenvalue weighted by atomic mass is 32.1. The molecule has 33 heavy (non-hydrogen) atoms. The Kier molecular flexibility index (Phi) is 7.29. The molecule has 0 spiro atoms. The smallest absolute Gasteiger partial charge is 0.387 e. The molecular formula is C20H21F2N7O3S. The van der Waals surface area contributed by atoms with Gasteiger partial charge in [-0.3, -0.25) is 10.1 Å². The van der Waals surface area contributed by atoms with Crippen molar-refractivity contribution in [3.8, 4) is 5.75 Å². The number of halogens is 2. The Morgan fingerprint density at radius 1 is 1.33 bits per heavy atom. The van der Waals surface area contributed by atoms with Crippen LogP contribution < -0.4 is 15.0 Å². The Balaban J connectivity index is 1.34. The third kappa shape index (κ3) is 5.93. The lowest BCUT2D eigenvalue weighted by atomic mass is 10.1. The summed E-state index contributed by atoms with van der Waals surface area (Å²) in [7, 11) is 1.36. The van der Waals surface area contributed by atoms with Crippen molar-refractivity contribution in [1.29, 1.82) is 0 Å². The predicted octanol–water partition coefficient (Wildman–Crippen LogP) is 2.72. The van der Waals surface area contributed by atoms with E-state index >= 15 is 0 Å². The molecular weight excluding hydrogens is 456 g/mol. The second-order valence-electron chi connectivity index (χ2n) is 7.33. The molecule has 3 aromatic rings. The second kappa shape index (κ2) is 10.5. The van der Waals surface area contributed by atoms with Crippen molar-refractivity contribution < 1.29 is 23.0 Å². The molecule has 0 saturated carbocycles. The molecule has 1 aromatic carbocycles. The number of carbonyl (C=O) groups is 1. The van der Waals surface area contributed by atoms with Gasteiger partial charge in [0.05, 0.1) is 6.20 Å². The van der Waals surface area contributed by atoms with E-state index in [1.54, 1.807) is 12.3 Å². The zero-order valence-corrected chi connectivity index (χ0v) is 18.4. The first-order valence-electron chi connectivity index (χ1n) is 10.1. The van der Waals surface area contributed by atoms with Gasteiger partial charge in [-0.25, -0.2) is 4.98 Å². The van der Waals surface area contributed by atoms with Gasteiger partial charge >= 0.3 is 6.61 Å². The van der Waals surface area contributed by atoms with Gasteiger partial charge in [0.1, 0.15) is 17.1 Å². The summed E-state index contributed by atoms with van der Waals surface area (Å²) in [6.45, 7) is -1.29. The fourth-order valence-corrected chi connectivity index (χ4v) is 4.50. The number of benzene rings is 1. The molecule has 13 heteroatoms. The number of methoxy groups -OCH3 is 1. The number of hydrogen-bond acceptors (Lipinski definition) is 10. The van der Waals surface area contributed by atoms with Gasteiger partial charge < -0.3 is 14.4 Å².